The monoisotopic (exact) mass is 451 g/mol. The Morgan fingerprint density at radius 1 is 1.26 bits per heavy atom. The Bertz CT molecular complexity index is 743. The standard InChI is InChI=1S/C25H36ClO5/c1-14-5-7-20(22-12-31-16(3)6-8-19(14)22)17(4)24(27)13-30-11-21-15(2)9-18(25(28)29)10-23(21)26/h9-10,14,16-17,19-20,22,24H,5-8,11-13H2,1-4H3,(H,28,29)/q-1/t14-,16?,17-,19+,20+,22?,24-/m1/s1. The van der Waals surface area contributed by atoms with Crippen molar-refractivity contribution in [1.29, 1.82) is 0 Å². The van der Waals surface area contributed by atoms with E-state index in [2.05, 4.69) is 20.8 Å². The molecule has 1 aliphatic carbocycles. The van der Waals surface area contributed by atoms with Crippen molar-refractivity contribution in [1.82, 2.24) is 0 Å². The number of halogens is 1. The molecular formula is C25H36ClO5-. The Morgan fingerprint density at radius 2 is 2.00 bits per heavy atom. The molecule has 1 saturated heterocycles. The number of hydrogen-bond acceptors (Lipinski definition) is 4. The number of hydrogen-bond donors (Lipinski definition) is 1. The van der Waals surface area contributed by atoms with Crippen LogP contribution in [0, 0.1) is 36.5 Å². The quantitative estimate of drug-likeness (QED) is 0.649. The Balaban J connectivity index is 1.59. The van der Waals surface area contributed by atoms with Gasteiger partial charge in [0.05, 0.1) is 24.9 Å². The Labute approximate surface area is 191 Å². The highest BCUT2D eigenvalue weighted by Gasteiger charge is 2.41. The smallest absolute Gasteiger partial charge is 0.335 e. The van der Waals surface area contributed by atoms with Gasteiger partial charge in [-0.05, 0) is 80.0 Å². The Hall–Kier alpha value is -1.14. The maximum Gasteiger partial charge on any atom is 0.335 e. The topological polar surface area (TPSA) is 78.8 Å². The van der Waals surface area contributed by atoms with Crippen molar-refractivity contribution < 1.29 is 24.5 Å². The fraction of sp³-hybridized carbons (Fsp3) is 0.720. The van der Waals surface area contributed by atoms with Gasteiger partial charge >= 0.3 is 5.97 Å². The third-order valence-electron chi connectivity index (χ3n) is 7.72. The zero-order valence-corrected chi connectivity index (χ0v) is 19.9. The Morgan fingerprint density at radius 3 is 2.68 bits per heavy atom. The first-order valence-corrected chi connectivity index (χ1v) is 11.9. The molecule has 1 aliphatic heterocycles. The molecule has 1 N–H and O–H groups in total. The average Bonchev–Trinajstić information content (AvgIpc) is 2.92. The van der Waals surface area contributed by atoms with E-state index in [9.17, 15) is 9.90 Å². The summed E-state index contributed by atoms with van der Waals surface area (Å²) in [5.74, 6) is 1.18. The number of aryl methyl sites for hydroxylation is 1. The van der Waals surface area contributed by atoms with E-state index >= 15 is 0 Å². The van der Waals surface area contributed by atoms with Crippen LogP contribution in [0.5, 0.6) is 0 Å². The molecule has 0 aromatic heterocycles. The number of carboxylic acid groups (broad SMARTS) is 1. The molecule has 1 saturated carbocycles. The molecule has 174 valence electrons. The van der Waals surface area contributed by atoms with Gasteiger partial charge in [0.15, 0.2) is 0 Å². The number of benzene rings is 1. The van der Waals surface area contributed by atoms with Crippen LogP contribution in [-0.4, -0.2) is 36.5 Å². The van der Waals surface area contributed by atoms with Crippen molar-refractivity contribution in [3.05, 3.63) is 33.8 Å². The molecule has 2 fully saturated rings. The zero-order chi connectivity index (χ0) is 22.7. The van der Waals surface area contributed by atoms with Gasteiger partial charge in [-0.1, -0.05) is 43.9 Å². The summed E-state index contributed by atoms with van der Waals surface area (Å²) < 4.78 is 11.9. The van der Waals surface area contributed by atoms with Gasteiger partial charge < -0.3 is 19.7 Å². The molecule has 6 heteroatoms. The van der Waals surface area contributed by atoms with Crippen LogP contribution in [0.15, 0.2) is 12.1 Å². The van der Waals surface area contributed by atoms with Crippen molar-refractivity contribution >= 4 is 17.6 Å². The summed E-state index contributed by atoms with van der Waals surface area (Å²) in [5.41, 5.74) is 1.65. The summed E-state index contributed by atoms with van der Waals surface area (Å²) in [4.78, 5) is 11.2. The molecule has 0 radical (unpaired) electrons. The van der Waals surface area contributed by atoms with Crippen LogP contribution in [0.25, 0.3) is 0 Å². The molecule has 3 rings (SSSR count). The molecule has 31 heavy (non-hydrogen) atoms. The van der Waals surface area contributed by atoms with Gasteiger partial charge in [-0.25, -0.2) is 4.79 Å². The van der Waals surface area contributed by atoms with Gasteiger partial charge in [0.1, 0.15) is 0 Å². The molecule has 1 heterocycles. The summed E-state index contributed by atoms with van der Waals surface area (Å²) in [6, 6.07) is 3.02. The third-order valence-corrected chi connectivity index (χ3v) is 8.06. The third kappa shape index (κ3) is 5.81. The molecule has 5 nitrogen and oxygen atoms in total. The van der Waals surface area contributed by atoms with E-state index < -0.39 is 12.1 Å². The molecule has 0 amide bonds. The SMILES string of the molecule is Cc1cc(C(=O)O)cc(Cl)c1COC[C@@H]([O-])[C@H](C)[C@@H]1CC[C@@H](C)[C@@H]2CCC(C)OCC12. The predicted molar refractivity (Wildman–Crippen MR) is 119 cm³/mol. The van der Waals surface area contributed by atoms with Crippen LogP contribution < -0.4 is 5.11 Å². The van der Waals surface area contributed by atoms with Crippen LogP contribution in [0.4, 0.5) is 0 Å². The largest absolute Gasteiger partial charge is 0.850 e. The van der Waals surface area contributed by atoms with Crippen LogP contribution in [0.1, 0.15) is 67.9 Å². The summed E-state index contributed by atoms with van der Waals surface area (Å²) in [5, 5.41) is 22.6. The van der Waals surface area contributed by atoms with Crippen LogP contribution >= 0.6 is 11.6 Å². The number of ether oxygens (including phenoxy) is 2. The number of carbonyl (C=O) groups is 1. The number of carboxylic acids is 1. The average molecular weight is 452 g/mol. The lowest BCUT2D eigenvalue weighted by atomic mass is 9.62. The van der Waals surface area contributed by atoms with Gasteiger partial charge in [-0.3, -0.25) is 0 Å². The van der Waals surface area contributed by atoms with Gasteiger partial charge in [0.2, 0.25) is 0 Å². The van der Waals surface area contributed by atoms with Gasteiger partial charge in [0, 0.05) is 11.6 Å². The lowest BCUT2D eigenvalue weighted by Gasteiger charge is -2.47. The molecule has 0 spiro atoms. The number of fused-ring (bicyclic) bond motifs is 1. The maximum absolute atomic E-state index is 13.1. The first kappa shape index (κ1) is 24.5. The van der Waals surface area contributed by atoms with E-state index in [1.807, 2.05) is 6.92 Å². The second-order valence-corrected chi connectivity index (χ2v) is 10.1. The lowest BCUT2D eigenvalue weighted by Crippen LogP contribution is -2.46. The second kappa shape index (κ2) is 10.7. The fourth-order valence-electron chi connectivity index (χ4n) is 5.59. The van der Waals surface area contributed by atoms with E-state index in [4.69, 9.17) is 26.2 Å². The van der Waals surface area contributed by atoms with Crippen molar-refractivity contribution in [3.63, 3.8) is 0 Å². The summed E-state index contributed by atoms with van der Waals surface area (Å²) in [6.07, 6.45) is 4.07. The summed E-state index contributed by atoms with van der Waals surface area (Å²) in [7, 11) is 0. The minimum absolute atomic E-state index is 0.0166. The fourth-order valence-corrected chi connectivity index (χ4v) is 5.91. The molecule has 2 unspecified atom stereocenters. The second-order valence-electron chi connectivity index (χ2n) is 9.74. The summed E-state index contributed by atoms with van der Waals surface area (Å²) in [6.45, 7) is 9.50. The predicted octanol–water partition coefficient (Wildman–Crippen LogP) is 4.71. The lowest BCUT2D eigenvalue weighted by molar-refractivity contribution is -0.444. The highest BCUT2D eigenvalue weighted by Crippen LogP contribution is 2.46. The van der Waals surface area contributed by atoms with E-state index in [0.717, 1.165) is 30.6 Å². The van der Waals surface area contributed by atoms with E-state index in [1.54, 1.807) is 6.07 Å². The van der Waals surface area contributed by atoms with Crippen molar-refractivity contribution in [2.75, 3.05) is 13.2 Å². The van der Waals surface area contributed by atoms with Gasteiger partial charge in [-0.15, -0.1) is 0 Å². The molecule has 1 aromatic carbocycles. The van der Waals surface area contributed by atoms with Crippen LogP contribution in [0.2, 0.25) is 5.02 Å². The van der Waals surface area contributed by atoms with Gasteiger partial charge in [-0.2, -0.15) is 0 Å². The van der Waals surface area contributed by atoms with Crippen molar-refractivity contribution in [2.24, 2.45) is 29.6 Å². The Kier molecular flexibility index (Phi) is 8.42. The maximum atomic E-state index is 13.1. The highest BCUT2D eigenvalue weighted by atomic mass is 35.5. The number of aromatic carboxylic acids is 1. The number of rotatable bonds is 7. The summed E-state index contributed by atoms with van der Waals surface area (Å²) >= 11 is 6.26. The van der Waals surface area contributed by atoms with E-state index in [-0.39, 0.29) is 24.7 Å². The first-order chi connectivity index (χ1) is 14.7. The van der Waals surface area contributed by atoms with Crippen LogP contribution in [-0.2, 0) is 16.1 Å². The van der Waals surface area contributed by atoms with E-state index in [0.29, 0.717) is 34.8 Å². The highest BCUT2D eigenvalue weighted by molar-refractivity contribution is 6.31. The molecule has 7 atom stereocenters. The molecule has 2 aliphatic rings. The van der Waals surface area contributed by atoms with Gasteiger partial charge in [0.25, 0.3) is 0 Å². The molecule has 0 bridgehead atoms. The zero-order valence-electron chi connectivity index (χ0n) is 19.1. The molecule has 1 aromatic rings. The normalized spacial score (nSPS) is 30.8. The van der Waals surface area contributed by atoms with Crippen molar-refractivity contribution in [3.8, 4) is 0 Å². The van der Waals surface area contributed by atoms with Crippen LogP contribution in [0.3, 0.4) is 0 Å². The van der Waals surface area contributed by atoms with E-state index in [1.165, 1.54) is 18.9 Å². The first-order valence-electron chi connectivity index (χ1n) is 11.6. The molecular weight excluding hydrogens is 416 g/mol. The van der Waals surface area contributed by atoms with Crippen molar-refractivity contribution in [2.45, 2.75) is 72.2 Å². The minimum Gasteiger partial charge on any atom is -0.850 e. The minimum atomic E-state index is -1.01.